The maximum atomic E-state index is 10.8. The van der Waals surface area contributed by atoms with E-state index >= 15 is 0 Å². The summed E-state index contributed by atoms with van der Waals surface area (Å²) >= 11 is 1.67. The first-order valence-corrected chi connectivity index (χ1v) is 10.6. The topological polar surface area (TPSA) is 84.5 Å². The van der Waals surface area contributed by atoms with Gasteiger partial charge in [0.25, 0.3) is 0 Å². The zero-order valence-electron chi connectivity index (χ0n) is 16.6. The van der Waals surface area contributed by atoms with Crippen molar-refractivity contribution in [3.63, 3.8) is 0 Å². The van der Waals surface area contributed by atoms with Crippen molar-refractivity contribution in [1.82, 2.24) is 14.9 Å². The number of anilines is 2. The van der Waals surface area contributed by atoms with Crippen LogP contribution >= 0.6 is 11.8 Å². The van der Waals surface area contributed by atoms with Crippen LogP contribution in [0, 0.1) is 0 Å². The van der Waals surface area contributed by atoms with Crippen LogP contribution in [0.4, 0.5) is 16.4 Å². The average molecular weight is 412 g/mol. The van der Waals surface area contributed by atoms with Crippen molar-refractivity contribution in [2.45, 2.75) is 29.7 Å². The minimum absolute atomic E-state index is 0.233. The van der Waals surface area contributed by atoms with Crippen molar-refractivity contribution in [3.8, 4) is 0 Å². The molecule has 3 aromatic rings. The first-order chi connectivity index (χ1) is 14.0. The van der Waals surface area contributed by atoms with Gasteiger partial charge in [-0.05, 0) is 56.3 Å². The fourth-order valence-electron chi connectivity index (χ4n) is 3.57. The molecule has 29 heavy (non-hydrogen) atoms. The standard InChI is InChI=1S/C21H25N5O2S/c1-14(2)25-9-11-26(12-10-25)15-3-5-16(6-4-15)29-17-7-8-18-19(13-17)23-20(22-18)24-21(27)28/h3-8,13-14H,9-12H2,1-2H3,(H,27,28)(H2,22,23,24). The second-order valence-electron chi connectivity index (χ2n) is 7.41. The normalized spacial score (nSPS) is 15.2. The van der Waals surface area contributed by atoms with E-state index in [-0.39, 0.29) is 5.95 Å². The van der Waals surface area contributed by atoms with Crippen molar-refractivity contribution in [2.75, 3.05) is 36.4 Å². The number of imidazole rings is 1. The number of carbonyl (C=O) groups is 1. The van der Waals surface area contributed by atoms with E-state index in [2.05, 4.69) is 63.2 Å². The van der Waals surface area contributed by atoms with Crippen molar-refractivity contribution >= 4 is 40.5 Å². The lowest BCUT2D eigenvalue weighted by molar-refractivity contribution is 0.209. The second-order valence-corrected chi connectivity index (χ2v) is 8.55. The van der Waals surface area contributed by atoms with Gasteiger partial charge in [0.2, 0.25) is 5.95 Å². The lowest BCUT2D eigenvalue weighted by Gasteiger charge is -2.38. The molecule has 0 spiro atoms. The number of aromatic nitrogens is 2. The molecule has 1 fully saturated rings. The van der Waals surface area contributed by atoms with Crippen LogP contribution in [0.5, 0.6) is 0 Å². The highest BCUT2D eigenvalue weighted by Gasteiger charge is 2.18. The van der Waals surface area contributed by atoms with E-state index in [1.54, 1.807) is 11.8 Å². The molecule has 7 nitrogen and oxygen atoms in total. The van der Waals surface area contributed by atoms with E-state index in [1.165, 1.54) is 5.69 Å². The van der Waals surface area contributed by atoms with Crippen LogP contribution in [0.1, 0.15) is 13.8 Å². The summed E-state index contributed by atoms with van der Waals surface area (Å²) in [4.78, 5) is 25.2. The second kappa shape index (κ2) is 8.34. The fourth-order valence-corrected chi connectivity index (χ4v) is 4.42. The molecule has 0 radical (unpaired) electrons. The van der Waals surface area contributed by atoms with E-state index in [1.807, 2.05) is 18.2 Å². The van der Waals surface area contributed by atoms with E-state index in [0.29, 0.717) is 6.04 Å². The number of nitrogens with one attached hydrogen (secondary N) is 2. The highest BCUT2D eigenvalue weighted by Crippen LogP contribution is 2.31. The summed E-state index contributed by atoms with van der Waals surface area (Å²) in [6, 6.07) is 15.2. The fraction of sp³-hybridized carbons (Fsp3) is 0.333. The highest BCUT2D eigenvalue weighted by atomic mass is 32.2. The monoisotopic (exact) mass is 411 g/mol. The van der Waals surface area contributed by atoms with Crippen molar-refractivity contribution in [2.24, 2.45) is 0 Å². The molecular weight excluding hydrogens is 386 g/mol. The molecule has 1 aliphatic heterocycles. The van der Waals surface area contributed by atoms with Crippen molar-refractivity contribution < 1.29 is 9.90 Å². The van der Waals surface area contributed by atoms with Crippen molar-refractivity contribution in [1.29, 1.82) is 0 Å². The molecule has 2 aromatic carbocycles. The summed E-state index contributed by atoms with van der Waals surface area (Å²) in [6.07, 6.45) is -1.13. The van der Waals surface area contributed by atoms with E-state index in [9.17, 15) is 4.79 Å². The number of aromatic amines is 1. The Bertz CT molecular complexity index is 994. The molecule has 2 heterocycles. The maximum Gasteiger partial charge on any atom is 0.411 e. The molecule has 4 rings (SSSR count). The molecular formula is C21H25N5O2S. The van der Waals surface area contributed by atoms with Gasteiger partial charge in [-0.15, -0.1) is 0 Å². The van der Waals surface area contributed by atoms with Gasteiger partial charge in [-0.2, -0.15) is 0 Å². The Morgan fingerprint density at radius 1 is 1.10 bits per heavy atom. The molecule has 8 heteroatoms. The lowest BCUT2D eigenvalue weighted by atomic mass is 10.2. The van der Waals surface area contributed by atoms with Crippen LogP contribution in [0.3, 0.4) is 0 Å². The summed E-state index contributed by atoms with van der Waals surface area (Å²) in [7, 11) is 0. The largest absolute Gasteiger partial charge is 0.465 e. The molecule has 3 N–H and O–H groups in total. The third-order valence-corrected chi connectivity index (χ3v) is 6.16. The Labute approximate surface area is 174 Å². The third-order valence-electron chi connectivity index (χ3n) is 5.16. The molecule has 0 aliphatic carbocycles. The Morgan fingerprint density at radius 2 is 1.79 bits per heavy atom. The summed E-state index contributed by atoms with van der Waals surface area (Å²) in [5.41, 5.74) is 2.80. The third kappa shape index (κ3) is 4.65. The van der Waals surface area contributed by atoms with Gasteiger partial charge in [-0.25, -0.2) is 9.78 Å². The SMILES string of the molecule is CC(C)N1CCN(c2ccc(Sc3ccc4[nH]c(NC(=O)O)nc4c3)cc2)CC1. The molecule has 1 aromatic heterocycles. The minimum atomic E-state index is -1.13. The van der Waals surface area contributed by atoms with Gasteiger partial charge in [-0.1, -0.05) is 11.8 Å². The Morgan fingerprint density at radius 3 is 2.45 bits per heavy atom. The van der Waals surface area contributed by atoms with Crippen LogP contribution in [0.2, 0.25) is 0 Å². The molecule has 1 saturated heterocycles. The zero-order chi connectivity index (χ0) is 20.4. The first-order valence-electron chi connectivity index (χ1n) is 9.74. The molecule has 1 aliphatic rings. The quantitative estimate of drug-likeness (QED) is 0.579. The molecule has 0 unspecified atom stereocenters. The number of amides is 1. The van der Waals surface area contributed by atoms with E-state index in [0.717, 1.165) is 47.0 Å². The number of piperazine rings is 1. The summed E-state index contributed by atoms with van der Waals surface area (Å²) in [5.74, 6) is 0.233. The number of benzene rings is 2. The predicted molar refractivity (Wildman–Crippen MR) is 117 cm³/mol. The summed E-state index contributed by atoms with van der Waals surface area (Å²) < 4.78 is 0. The molecule has 1 amide bonds. The average Bonchev–Trinajstić information content (AvgIpc) is 3.09. The number of H-pyrrole nitrogens is 1. The van der Waals surface area contributed by atoms with Gasteiger partial charge in [0.05, 0.1) is 11.0 Å². The molecule has 0 bridgehead atoms. The number of carboxylic acid groups (broad SMARTS) is 1. The number of nitrogens with zero attached hydrogens (tertiary/aromatic N) is 3. The van der Waals surface area contributed by atoms with Crippen LogP contribution in [0.25, 0.3) is 11.0 Å². The molecule has 0 atom stereocenters. The van der Waals surface area contributed by atoms with Gasteiger partial charge < -0.3 is 15.0 Å². The summed E-state index contributed by atoms with van der Waals surface area (Å²) in [5, 5.41) is 11.1. The highest BCUT2D eigenvalue weighted by molar-refractivity contribution is 7.99. The van der Waals surface area contributed by atoms with Crippen LogP contribution in [-0.4, -0.2) is 58.3 Å². The number of fused-ring (bicyclic) bond motifs is 1. The van der Waals surface area contributed by atoms with Crippen LogP contribution in [0.15, 0.2) is 52.3 Å². The zero-order valence-corrected chi connectivity index (χ0v) is 17.4. The van der Waals surface area contributed by atoms with E-state index < -0.39 is 6.09 Å². The number of hydrogen-bond acceptors (Lipinski definition) is 5. The van der Waals surface area contributed by atoms with Gasteiger partial charge in [0, 0.05) is 47.7 Å². The smallest absolute Gasteiger partial charge is 0.411 e. The minimum Gasteiger partial charge on any atom is -0.465 e. The van der Waals surface area contributed by atoms with Crippen molar-refractivity contribution in [3.05, 3.63) is 42.5 Å². The number of hydrogen-bond donors (Lipinski definition) is 3. The maximum absolute atomic E-state index is 10.8. The summed E-state index contributed by atoms with van der Waals surface area (Å²) in [6.45, 7) is 8.85. The van der Waals surface area contributed by atoms with Gasteiger partial charge >= 0.3 is 6.09 Å². The Hall–Kier alpha value is -2.71. The predicted octanol–water partition coefficient (Wildman–Crippen LogP) is 4.33. The van der Waals surface area contributed by atoms with Gasteiger partial charge in [0.1, 0.15) is 0 Å². The van der Waals surface area contributed by atoms with E-state index in [4.69, 9.17) is 5.11 Å². The molecule has 152 valence electrons. The first kappa shape index (κ1) is 19.6. The Kier molecular flexibility index (Phi) is 5.64. The van der Waals surface area contributed by atoms with Crippen LogP contribution < -0.4 is 10.2 Å². The molecule has 0 saturated carbocycles. The van der Waals surface area contributed by atoms with Crippen LogP contribution in [-0.2, 0) is 0 Å². The Balaban J connectivity index is 1.41. The lowest BCUT2D eigenvalue weighted by Crippen LogP contribution is -2.48. The number of rotatable bonds is 5. The van der Waals surface area contributed by atoms with Gasteiger partial charge in [0.15, 0.2) is 0 Å². The van der Waals surface area contributed by atoms with Gasteiger partial charge in [-0.3, -0.25) is 10.2 Å².